The minimum Gasteiger partial charge on any atom is -0.386 e. The van der Waals surface area contributed by atoms with Crippen LogP contribution in [0, 0.1) is 0 Å². The third kappa shape index (κ3) is 2.74. The number of rotatable bonds is 2. The highest BCUT2D eigenvalue weighted by Crippen LogP contribution is 2.37. The minimum absolute atomic E-state index is 0.900. The lowest BCUT2D eigenvalue weighted by atomic mass is 9.85. The molecule has 2 heteroatoms. The first-order chi connectivity index (χ1) is 9.97. The molecule has 106 valence electrons. The maximum absolute atomic E-state index is 10.7. The van der Waals surface area contributed by atoms with Crippen LogP contribution in [0.1, 0.15) is 19.4 Å². The van der Waals surface area contributed by atoms with Crippen LogP contribution in [-0.4, -0.2) is 5.11 Å². The lowest BCUT2D eigenvalue weighted by molar-refractivity contribution is 0.0808. The fraction of sp³-hybridized carbons (Fsp3) is 0.158. The molecule has 0 radical (unpaired) electrons. The molecule has 0 atom stereocenters. The Morgan fingerprint density at radius 1 is 0.857 bits per heavy atom. The van der Waals surface area contributed by atoms with Gasteiger partial charge in [0.15, 0.2) is 0 Å². The highest BCUT2D eigenvalue weighted by atomic mass is 79.9. The quantitative estimate of drug-likeness (QED) is 0.653. The molecule has 1 N–H and O–H groups in total. The molecule has 3 rings (SSSR count). The number of hydrogen-bond donors (Lipinski definition) is 1. The van der Waals surface area contributed by atoms with E-state index in [1.54, 1.807) is 0 Å². The SMILES string of the molecule is CC(C)(O)c1c(-c2ccc(Br)cc2)ccc2ccccc12. The van der Waals surface area contributed by atoms with Gasteiger partial charge in [-0.2, -0.15) is 0 Å². The molecule has 0 aliphatic rings. The van der Waals surface area contributed by atoms with Crippen LogP contribution in [0.4, 0.5) is 0 Å². The monoisotopic (exact) mass is 340 g/mol. The van der Waals surface area contributed by atoms with Gasteiger partial charge < -0.3 is 5.11 Å². The Morgan fingerprint density at radius 3 is 2.19 bits per heavy atom. The van der Waals surface area contributed by atoms with E-state index in [0.717, 1.165) is 31.9 Å². The van der Waals surface area contributed by atoms with Crippen molar-refractivity contribution in [2.75, 3.05) is 0 Å². The van der Waals surface area contributed by atoms with E-state index < -0.39 is 5.60 Å². The maximum atomic E-state index is 10.7. The zero-order valence-corrected chi connectivity index (χ0v) is 13.7. The maximum Gasteiger partial charge on any atom is 0.0852 e. The minimum atomic E-state index is -0.900. The molecule has 0 amide bonds. The molecule has 0 aliphatic heterocycles. The Bertz CT molecular complexity index is 783. The van der Waals surface area contributed by atoms with Crippen LogP contribution in [0.2, 0.25) is 0 Å². The zero-order chi connectivity index (χ0) is 15.0. The summed E-state index contributed by atoms with van der Waals surface area (Å²) >= 11 is 3.47. The van der Waals surface area contributed by atoms with Crippen LogP contribution in [0.15, 0.2) is 65.1 Å². The lowest BCUT2D eigenvalue weighted by Gasteiger charge is -2.24. The van der Waals surface area contributed by atoms with Crippen LogP contribution in [0.3, 0.4) is 0 Å². The van der Waals surface area contributed by atoms with Crippen molar-refractivity contribution in [2.45, 2.75) is 19.4 Å². The molecular weight excluding hydrogens is 324 g/mol. The van der Waals surface area contributed by atoms with Crippen LogP contribution < -0.4 is 0 Å². The number of fused-ring (bicyclic) bond motifs is 1. The fourth-order valence-electron chi connectivity index (χ4n) is 2.80. The van der Waals surface area contributed by atoms with Gasteiger partial charge in [-0.15, -0.1) is 0 Å². The summed E-state index contributed by atoms with van der Waals surface area (Å²) < 4.78 is 1.05. The average Bonchev–Trinajstić information content (AvgIpc) is 2.46. The second kappa shape index (κ2) is 5.28. The molecule has 0 spiro atoms. The predicted octanol–water partition coefficient (Wildman–Crippen LogP) is 5.50. The number of hydrogen-bond acceptors (Lipinski definition) is 1. The Balaban J connectivity index is 2.35. The van der Waals surface area contributed by atoms with Crippen molar-refractivity contribution in [3.63, 3.8) is 0 Å². The van der Waals surface area contributed by atoms with Crippen LogP contribution in [0.5, 0.6) is 0 Å². The first-order valence-electron chi connectivity index (χ1n) is 6.97. The summed E-state index contributed by atoms with van der Waals surface area (Å²) in [6.45, 7) is 3.69. The molecule has 0 bridgehead atoms. The first-order valence-corrected chi connectivity index (χ1v) is 7.76. The van der Waals surface area contributed by atoms with E-state index >= 15 is 0 Å². The highest BCUT2D eigenvalue weighted by Gasteiger charge is 2.23. The molecule has 21 heavy (non-hydrogen) atoms. The number of aliphatic hydroxyl groups is 1. The van der Waals surface area contributed by atoms with E-state index in [-0.39, 0.29) is 0 Å². The molecule has 0 saturated heterocycles. The van der Waals surface area contributed by atoms with Gasteiger partial charge in [0.2, 0.25) is 0 Å². The van der Waals surface area contributed by atoms with Crippen LogP contribution in [0.25, 0.3) is 21.9 Å². The summed E-state index contributed by atoms with van der Waals surface area (Å²) in [5, 5.41) is 12.9. The van der Waals surface area contributed by atoms with Crippen LogP contribution >= 0.6 is 15.9 Å². The van der Waals surface area contributed by atoms with E-state index in [9.17, 15) is 5.11 Å². The second-order valence-corrected chi connectivity index (χ2v) is 6.69. The molecule has 3 aromatic carbocycles. The second-order valence-electron chi connectivity index (χ2n) is 5.78. The van der Waals surface area contributed by atoms with Gasteiger partial charge in [-0.25, -0.2) is 0 Å². The van der Waals surface area contributed by atoms with E-state index in [1.807, 2.05) is 38.1 Å². The Labute approximate surface area is 133 Å². The standard InChI is InChI=1S/C19H17BrO/c1-19(2,21)18-16-6-4-3-5-13(16)9-12-17(18)14-7-10-15(20)11-8-14/h3-12,21H,1-2H3. The van der Waals surface area contributed by atoms with E-state index in [4.69, 9.17) is 0 Å². The van der Waals surface area contributed by atoms with E-state index in [0.29, 0.717) is 0 Å². The molecular formula is C19H17BrO. The summed E-state index contributed by atoms with van der Waals surface area (Å²) in [6, 6.07) is 20.6. The van der Waals surface area contributed by atoms with E-state index in [2.05, 4.69) is 52.3 Å². The Kier molecular flexibility index (Phi) is 3.60. The lowest BCUT2D eigenvalue weighted by Crippen LogP contribution is -2.17. The largest absolute Gasteiger partial charge is 0.386 e. The summed E-state index contributed by atoms with van der Waals surface area (Å²) in [5.41, 5.74) is 2.27. The Hall–Kier alpha value is -1.64. The molecule has 3 aromatic rings. The van der Waals surface area contributed by atoms with Crippen molar-refractivity contribution in [3.05, 3.63) is 70.7 Å². The number of halogens is 1. The van der Waals surface area contributed by atoms with Gasteiger partial charge in [0.1, 0.15) is 0 Å². The molecule has 0 aliphatic carbocycles. The first kappa shape index (κ1) is 14.3. The van der Waals surface area contributed by atoms with Gasteiger partial charge in [0.05, 0.1) is 5.60 Å². The highest BCUT2D eigenvalue weighted by molar-refractivity contribution is 9.10. The smallest absolute Gasteiger partial charge is 0.0852 e. The molecule has 0 fully saturated rings. The zero-order valence-electron chi connectivity index (χ0n) is 12.1. The molecule has 0 unspecified atom stereocenters. The molecule has 0 heterocycles. The Morgan fingerprint density at radius 2 is 1.52 bits per heavy atom. The summed E-state index contributed by atoms with van der Waals surface area (Å²) in [6.07, 6.45) is 0. The molecule has 1 nitrogen and oxygen atoms in total. The summed E-state index contributed by atoms with van der Waals surface area (Å²) in [7, 11) is 0. The van der Waals surface area contributed by atoms with E-state index in [1.165, 1.54) is 0 Å². The normalized spacial score (nSPS) is 11.8. The number of benzene rings is 3. The van der Waals surface area contributed by atoms with Gasteiger partial charge >= 0.3 is 0 Å². The average molecular weight is 341 g/mol. The van der Waals surface area contributed by atoms with Gasteiger partial charge in [-0.05, 0) is 53.4 Å². The van der Waals surface area contributed by atoms with Crippen molar-refractivity contribution < 1.29 is 5.11 Å². The van der Waals surface area contributed by atoms with Gasteiger partial charge in [-0.3, -0.25) is 0 Å². The third-order valence-electron chi connectivity index (χ3n) is 3.70. The van der Waals surface area contributed by atoms with Crippen molar-refractivity contribution in [2.24, 2.45) is 0 Å². The summed E-state index contributed by atoms with van der Waals surface area (Å²) in [5.74, 6) is 0. The van der Waals surface area contributed by atoms with Gasteiger partial charge in [0.25, 0.3) is 0 Å². The van der Waals surface area contributed by atoms with Gasteiger partial charge in [0, 0.05) is 4.47 Å². The predicted molar refractivity (Wildman–Crippen MR) is 92.3 cm³/mol. The van der Waals surface area contributed by atoms with Crippen molar-refractivity contribution in [1.29, 1.82) is 0 Å². The van der Waals surface area contributed by atoms with Gasteiger partial charge in [-0.1, -0.05) is 64.5 Å². The fourth-order valence-corrected chi connectivity index (χ4v) is 3.07. The molecule has 0 saturated carbocycles. The van der Waals surface area contributed by atoms with Crippen molar-refractivity contribution in [3.8, 4) is 11.1 Å². The third-order valence-corrected chi connectivity index (χ3v) is 4.22. The van der Waals surface area contributed by atoms with Crippen LogP contribution in [-0.2, 0) is 5.60 Å². The summed E-state index contributed by atoms with van der Waals surface area (Å²) in [4.78, 5) is 0. The topological polar surface area (TPSA) is 20.2 Å². The van der Waals surface area contributed by atoms with Crippen molar-refractivity contribution in [1.82, 2.24) is 0 Å². The van der Waals surface area contributed by atoms with Crippen molar-refractivity contribution >= 4 is 26.7 Å². The molecule has 0 aromatic heterocycles.